The van der Waals surface area contributed by atoms with E-state index < -0.39 is 23.4 Å². The maximum Gasteiger partial charge on any atom is 0.331 e. The molecule has 1 amide bonds. The molecule has 146 valence electrons. The number of ether oxygens (including phenoxy) is 3. The number of benzene rings is 2. The number of anilines is 1. The lowest BCUT2D eigenvalue weighted by Gasteiger charge is -2.07. The number of nitrogens with zero attached hydrogens (tertiary/aromatic N) is 1. The Morgan fingerprint density at radius 2 is 1.86 bits per heavy atom. The van der Waals surface area contributed by atoms with Gasteiger partial charge in [-0.2, -0.15) is 0 Å². The Morgan fingerprint density at radius 1 is 1.11 bits per heavy atom. The molecule has 1 N–H and O–H groups in total. The van der Waals surface area contributed by atoms with Crippen molar-refractivity contribution in [3.8, 4) is 11.5 Å². The Hall–Kier alpha value is -3.88. The van der Waals surface area contributed by atoms with Crippen molar-refractivity contribution in [3.05, 3.63) is 64.2 Å². The number of hydrogen-bond donors (Lipinski definition) is 1. The monoisotopic (exact) mass is 386 g/mol. The van der Waals surface area contributed by atoms with Crippen LogP contribution in [-0.2, 0) is 14.3 Å². The quantitative estimate of drug-likeness (QED) is 0.321. The number of esters is 1. The summed E-state index contributed by atoms with van der Waals surface area (Å²) in [5.41, 5.74) is 0.749. The topological polar surface area (TPSA) is 117 Å². The van der Waals surface area contributed by atoms with Crippen LogP contribution in [0.4, 0.5) is 11.4 Å². The van der Waals surface area contributed by atoms with Crippen molar-refractivity contribution in [3.63, 3.8) is 0 Å². The van der Waals surface area contributed by atoms with Crippen molar-refractivity contribution in [2.24, 2.45) is 0 Å². The molecule has 9 heteroatoms. The summed E-state index contributed by atoms with van der Waals surface area (Å²) in [6.45, 7) is -0.530. The molecular formula is C19H18N2O7. The van der Waals surface area contributed by atoms with Crippen molar-refractivity contribution in [1.82, 2.24) is 0 Å². The van der Waals surface area contributed by atoms with Crippen LogP contribution < -0.4 is 14.8 Å². The highest BCUT2D eigenvalue weighted by atomic mass is 16.6. The first-order chi connectivity index (χ1) is 13.4. The fraction of sp³-hybridized carbons (Fsp3) is 0.158. The van der Waals surface area contributed by atoms with Crippen LogP contribution >= 0.6 is 0 Å². The van der Waals surface area contributed by atoms with Gasteiger partial charge in [-0.3, -0.25) is 14.9 Å². The molecule has 0 aliphatic rings. The molecule has 0 fully saturated rings. The number of hydrogen-bond acceptors (Lipinski definition) is 7. The van der Waals surface area contributed by atoms with Gasteiger partial charge in [0.2, 0.25) is 0 Å². The van der Waals surface area contributed by atoms with Gasteiger partial charge < -0.3 is 19.5 Å². The van der Waals surface area contributed by atoms with E-state index in [9.17, 15) is 19.7 Å². The summed E-state index contributed by atoms with van der Waals surface area (Å²) >= 11 is 0. The number of carbonyl (C=O) groups is 2. The molecule has 0 unspecified atom stereocenters. The minimum Gasteiger partial charge on any atom is -0.493 e. The minimum absolute atomic E-state index is 0.160. The van der Waals surface area contributed by atoms with Gasteiger partial charge in [0.05, 0.1) is 19.1 Å². The van der Waals surface area contributed by atoms with Gasteiger partial charge in [0.25, 0.3) is 11.6 Å². The van der Waals surface area contributed by atoms with E-state index in [4.69, 9.17) is 14.2 Å². The molecule has 0 radical (unpaired) electrons. The highest BCUT2D eigenvalue weighted by Gasteiger charge is 2.10. The van der Waals surface area contributed by atoms with Gasteiger partial charge in [0, 0.05) is 23.9 Å². The van der Waals surface area contributed by atoms with E-state index >= 15 is 0 Å². The van der Waals surface area contributed by atoms with Crippen molar-refractivity contribution in [2.45, 2.75) is 0 Å². The fourth-order valence-corrected chi connectivity index (χ4v) is 2.20. The van der Waals surface area contributed by atoms with E-state index in [-0.39, 0.29) is 11.4 Å². The molecule has 0 heterocycles. The zero-order chi connectivity index (χ0) is 20.5. The second-order valence-corrected chi connectivity index (χ2v) is 5.41. The highest BCUT2D eigenvalue weighted by molar-refractivity contribution is 5.94. The molecule has 2 rings (SSSR count). The molecule has 0 aliphatic heterocycles. The van der Waals surface area contributed by atoms with Gasteiger partial charge >= 0.3 is 5.97 Å². The van der Waals surface area contributed by atoms with Gasteiger partial charge in [0.15, 0.2) is 18.1 Å². The van der Waals surface area contributed by atoms with Crippen LogP contribution in [0.15, 0.2) is 48.5 Å². The summed E-state index contributed by atoms with van der Waals surface area (Å²) < 4.78 is 15.2. The van der Waals surface area contributed by atoms with E-state index in [1.54, 1.807) is 18.2 Å². The number of rotatable bonds is 8. The third kappa shape index (κ3) is 5.84. The van der Waals surface area contributed by atoms with E-state index in [1.165, 1.54) is 50.6 Å². The fourth-order valence-electron chi connectivity index (χ4n) is 2.20. The van der Waals surface area contributed by atoms with Crippen molar-refractivity contribution in [1.29, 1.82) is 0 Å². The number of non-ortho nitro benzene ring substituents is 1. The van der Waals surface area contributed by atoms with E-state index in [2.05, 4.69) is 5.32 Å². The van der Waals surface area contributed by atoms with Gasteiger partial charge in [0.1, 0.15) is 0 Å². The number of methoxy groups -OCH3 is 2. The first-order valence-electron chi connectivity index (χ1n) is 8.04. The van der Waals surface area contributed by atoms with Gasteiger partial charge in [-0.05, 0) is 29.8 Å². The minimum atomic E-state index is -0.719. The second-order valence-electron chi connectivity index (χ2n) is 5.41. The molecule has 2 aromatic carbocycles. The third-order valence-corrected chi connectivity index (χ3v) is 3.51. The predicted molar refractivity (Wildman–Crippen MR) is 101 cm³/mol. The summed E-state index contributed by atoms with van der Waals surface area (Å²) in [6.07, 6.45) is 2.67. The van der Waals surface area contributed by atoms with Crippen LogP contribution in [0.2, 0.25) is 0 Å². The van der Waals surface area contributed by atoms with E-state index in [0.717, 1.165) is 0 Å². The average molecular weight is 386 g/mol. The molecule has 0 saturated heterocycles. The Labute approximate surface area is 160 Å². The zero-order valence-corrected chi connectivity index (χ0v) is 15.2. The molecule has 0 saturated carbocycles. The third-order valence-electron chi connectivity index (χ3n) is 3.51. The average Bonchev–Trinajstić information content (AvgIpc) is 2.70. The van der Waals surface area contributed by atoms with Gasteiger partial charge in [-0.25, -0.2) is 4.79 Å². The maximum atomic E-state index is 11.8. The molecule has 0 atom stereocenters. The van der Waals surface area contributed by atoms with Crippen molar-refractivity contribution < 1.29 is 28.7 Å². The van der Waals surface area contributed by atoms with Crippen LogP contribution in [0, 0.1) is 10.1 Å². The second kappa shape index (κ2) is 9.72. The molecular weight excluding hydrogens is 368 g/mol. The van der Waals surface area contributed by atoms with Crippen LogP contribution in [0.1, 0.15) is 5.56 Å². The van der Waals surface area contributed by atoms with Crippen LogP contribution in [-0.4, -0.2) is 37.6 Å². The molecule has 0 bridgehead atoms. The molecule has 0 spiro atoms. The number of nitrogens with one attached hydrogen (secondary N) is 1. The summed E-state index contributed by atoms with van der Waals surface area (Å²) in [4.78, 5) is 33.7. The number of carbonyl (C=O) groups excluding carboxylic acids is 2. The normalized spacial score (nSPS) is 10.4. The van der Waals surface area contributed by atoms with Gasteiger partial charge in [-0.1, -0.05) is 12.1 Å². The molecule has 9 nitrogen and oxygen atoms in total. The van der Waals surface area contributed by atoms with E-state index in [1.807, 2.05) is 0 Å². The molecule has 28 heavy (non-hydrogen) atoms. The lowest BCUT2D eigenvalue weighted by molar-refractivity contribution is -0.384. The SMILES string of the molecule is COc1ccc(C=CC(=O)OCC(=O)Nc2cccc([N+](=O)[O-])c2)cc1OC. The summed E-state index contributed by atoms with van der Waals surface area (Å²) in [6, 6.07) is 10.5. The first kappa shape index (κ1) is 20.4. The largest absolute Gasteiger partial charge is 0.493 e. The summed E-state index contributed by atoms with van der Waals surface area (Å²) in [5.74, 6) is -0.272. The van der Waals surface area contributed by atoms with Crippen LogP contribution in [0.5, 0.6) is 11.5 Å². The summed E-state index contributed by atoms with van der Waals surface area (Å²) in [7, 11) is 3.02. The Balaban J connectivity index is 1.88. The van der Waals surface area contributed by atoms with Crippen LogP contribution in [0.3, 0.4) is 0 Å². The summed E-state index contributed by atoms with van der Waals surface area (Å²) in [5, 5.41) is 13.1. The smallest absolute Gasteiger partial charge is 0.331 e. The molecule has 0 aliphatic carbocycles. The Kier molecular flexibility index (Phi) is 7.09. The van der Waals surface area contributed by atoms with Crippen LogP contribution in [0.25, 0.3) is 6.08 Å². The maximum absolute atomic E-state index is 11.8. The molecule has 0 aromatic heterocycles. The number of nitro groups is 1. The lowest BCUT2D eigenvalue weighted by atomic mass is 10.2. The zero-order valence-electron chi connectivity index (χ0n) is 15.2. The van der Waals surface area contributed by atoms with Crippen molar-refractivity contribution in [2.75, 3.05) is 26.1 Å². The standard InChI is InChI=1S/C19H18N2O7/c1-26-16-8-6-13(10-17(16)27-2)7-9-19(23)28-12-18(22)20-14-4-3-5-15(11-14)21(24)25/h3-11H,12H2,1-2H3,(H,20,22). The Bertz CT molecular complexity index is 909. The van der Waals surface area contributed by atoms with Crippen molar-refractivity contribution >= 4 is 29.3 Å². The van der Waals surface area contributed by atoms with E-state index in [0.29, 0.717) is 17.1 Å². The number of nitro benzene ring substituents is 1. The first-order valence-corrected chi connectivity index (χ1v) is 8.04. The lowest BCUT2D eigenvalue weighted by Crippen LogP contribution is -2.20. The van der Waals surface area contributed by atoms with Gasteiger partial charge in [-0.15, -0.1) is 0 Å². The molecule has 2 aromatic rings. The Morgan fingerprint density at radius 3 is 2.54 bits per heavy atom. The number of amides is 1. The highest BCUT2D eigenvalue weighted by Crippen LogP contribution is 2.27. The predicted octanol–water partition coefficient (Wildman–Crippen LogP) is 2.81.